The minimum atomic E-state index is -0.114. The summed E-state index contributed by atoms with van der Waals surface area (Å²) in [5.74, 6) is 2.03. The van der Waals surface area contributed by atoms with Crippen LogP contribution < -0.4 is 25.0 Å². The summed E-state index contributed by atoms with van der Waals surface area (Å²) in [6.45, 7) is 4.65. The topological polar surface area (TPSA) is 62.8 Å². The maximum Gasteiger partial charge on any atom is 0.243 e. The van der Waals surface area contributed by atoms with E-state index in [-0.39, 0.29) is 12.5 Å². The van der Waals surface area contributed by atoms with Crippen molar-refractivity contribution in [1.82, 2.24) is 0 Å². The molecule has 1 aliphatic heterocycles. The van der Waals surface area contributed by atoms with Crippen LogP contribution in [0.5, 0.6) is 11.5 Å². The summed E-state index contributed by atoms with van der Waals surface area (Å²) in [6.07, 6.45) is 2.47. The van der Waals surface area contributed by atoms with Gasteiger partial charge in [-0.2, -0.15) is 0 Å². The molecule has 1 saturated heterocycles. The second-order valence-corrected chi connectivity index (χ2v) is 7.18. The van der Waals surface area contributed by atoms with Crippen LogP contribution in [0.15, 0.2) is 42.5 Å². The van der Waals surface area contributed by atoms with E-state index in [2.05, 4.69) is 34.6 Å². The van der Waals surface area contributed by atoms with E-state index in [0.717, 1.165) is 30.4 Å². The molecule has 0 aromatic heterocycles. The number of piperidine rings is 1. The van der Waals surface area contributed by atoms with Crippen LogP contribution in [0.2, 0.25) is 0 Å². The smallest absolute Gasteiger partial charge is 0.243 e. The molecule has 1 heterocycles. The molecule has 0 bridgehead atoms. The van der Waals surface area contributed by atoms with E-state index in [4.69, 9.17) is 9.47 Å². The Morgan fingerprint density at radius 3 is 2.43 bits per heavy atom. The van der Waals surface area contributed by atoms with E-state index in [1.165, 1.54) is 18.5 Å². The summed E-state index contributed by atoms with van der Waals surface area (Å²) in [4.78, 5) is 14.7. The van der Waals surface area contributed by atoms with Gasteiger partial charge in [0.25, 0.3) is 0 Å². The molecular weight excluding hydrogens is 354 g/mol. The zero-order chi connectivity index (χ0) is 19.9. The van der Waals surface area contributed by atoms with Gasteiger partial charge in [0.05, 0.1) is 26.5 Å². The van der Waals surface area contributed by atoms with Gasteiger partial charge in [0.2, 0.25) is 5.91 Å². The lowest BCUT2D eigenvalue weighted by Crippen LogP contribution is -2.32. The summed E-state index contributed by atoms with van der Waals surface area (Å²) in [6, 6.07) is 13.5. The number of nitrogens with zero attached hydrogens (tertiary/aromatic N) is 1. The lowest BCUT2D eigenvalue weighted by Gasteiger charge is -2.32. The molecule has 1 aliphatic rings. The summed E-state index contributed by atoms with van der Waals surface area (Å²) < 4.78 is 10.5. The Morgan fingerprint density at radius 2 is 1.79 bits per heavy atom. The normalized spacial score (nSPS) is 14.5. The number of hydrogen-bond donors (Lipinski definition) is 2. The first-order valence-electron chi connectivity index (χ1n) is 9.70. The Labute approximate surface area is 166 Å². The Bertz CT molecular complexity index is 784. The largest absolute Gasteiger partial charge is 0.497 e. The molecule has 3 rings (SSSR count). The number of carbonyl (C=O) groups is 1. The zero-order valence-corrected chi connectivity index (χ0v) is 16.8. The molecule has 6 nitrogen and oxygen atoms in total. The molecule has 0 unspecified atom stereocenters. The number of ether oxygens (including phenoxy) is 2. The quantitative estimate of drug-likeness (QED) is 0.757. The lowest BCUT2D eigenvalue weighted by molar-refractivity contribution is -0.114. The van der Waals surface area contributed by atoms with Crippen LogP contribution in [0.3, 0.4) is 0 Å². The molecule has 0 atom stereocenters. The highest BCUT2D eigenvalue weighted by Gasteiger charge is 2.16. The van der Waals surface area contributed by atoms with Crippen LogP contribution >= 0.6 is 0 Å². The van der Waals surface area contributed by atoms with E-state index in [0.29, 0.717) is 11.5 Å². The molecule has 28 heavy (non-hydrogen) atoms. The fraction of sp³-hybridized carbons (Fsp3) is 0.409. The maximum atomic E-state index is 12.3. The molecule has 1 fully saturated rings. The SMILES string of the molecule is COc1ccc(NCC(=O)Nc2ccc(N3CCC(C)CC3)cc2)c(OC)c1. The number of methoxy groups -OCH3 is 2. The molecule has 0 radical (unpaired) electrons. The Morgan fingerprint density at radius 1 is 1.07 bits per heavy atom. The van der Waals surface area contributed by atoms with Crippen molar-refractivity contribution in [1.29, 1.82) is 0 Å². The Hall–Kier alpha value is -2.89. The van der Waals surface area contributed by atoms with Gasteiger partial charge in [-0.25, -0.2) is 0 Å². The fourth-order valence-corrected chi connectivity index (χ4v) is 3.35. The van der Waals surface area contributed by atoms with Crippen LogP contribution in [0, 0.1) is 5.92 Å². The van der Waals surface area contributed by atoms with Crippen molar-refractivity contribution in [3.63, 3.8) is 0 Å². The highest BCUT2D eigenvalue weighted by Crippen LogP contribution is 2.29. The first kappa shape index (κ1) is 19.9. The van der Waals surface area contributed by atoms with Crippen LogP contribution in [-0.2, 0) is 4.79 Å². The number of amides is 1. The molecule has 0 saturated carbocycles. The third-order valence-corrected chi connectivity index (χ3v) is 5.15. The maximum absolute atomic E-state index is 12.3. The number of anilines is 3. The molecule has 6 heteroatoms. The second kappa shape index (κ2) is 9.35. The average Bonchev–Trinajstić information content (AvgIpc) is 2.73. The first-order valence-corrected chi connectivity index (χ1v) is 9.70. The van der Waals surface area contributed by atoms with Gasteiger partial charge in [-0.3, -0.25) is 4.79 Å². The number of benzene rings is 2. The van der Waals surface area contributed by atoms with Gasteiger partial charge in [0.15, 0.2) is 0 Å². The van der Waals surface area contributed by atoms with E-state index in [1.54, 1.807) is 20.3 Å². The molecule has 1 amide bonds. The van der Waals surface area contributed by atoms with Gasteiger partial charge in [0, 0.05) is 30.5 Å². The predicted molar refractivity (Wildman–Crippen MR) is 114 cm³/mol. The van der Waals surface area contributed by atoms with Gasteiger partial charge < -0.3 is 25.0 Å². The lowest BCUT2D eigenvalue weighted by atomic mass is 9.99. The van der Waals surface area contributed by atoms with E-state index in [1.807, 2.05) is 24.3 Å². The average molecular weight is 383 g/mol. The van der Waals surface area contributed by atoms with Crippen LogP contribution in [0.1, 0.15) is 19.8 Å². The van der Waals surface area contributed by atoms with Gasteiger partial charge >= 0.3 is 0 Å². The van der Waals surface area contributed by atoms with E-state index in [9.17, 15) is 4.79 Å². The number of hydrogen-bond acceptors (Lipinski definition) is 5. The van der Waals surface area contributed by atoms with Gasteiger partial charge in [-0.15, -0.1) is 0 Å². The zero-order valence-electron chi connectivity index (χ0n) is 16.8. The van der Waals surface area contributed by atoms with Crippen molar-refractivity contribution in [3.05, 3.63) is 42.5 Å². The molecule has 2 N–H and O–H groups in total. The van der Waals surface area contributed by atoms with Crippen molar-refractivity contribution >= 4 is 23.0 Å². The third kappa shape index (κ3) is 5.09. The van der Waals surface area contributed by atoms with Crippen LogP contribution in [0.4, 0.5) is 17.1 Å². The van der Waals surface area contributed by atoms with Gasteiger partial charge in [-0.05, 0) is 55.2 Å². The molecule has 2 aromatic rings. The number of nitrogens with one attached hydrogen (secondary N) is 2. The van der Waals surface area contributed by atoms with Crippen molar-refractivity contribution < 1.29 is 14.3 Å². The van der Waals surface area contributed by atoms with Crippen LogP contribution in [-0.4, -0.2) is 39.8 Å². The van der Waals surface area contributed by atoms with Gasteiger partial charge in [0.1, 0.15) is 11.5 Å². The summed E-state index contributed by atoms with van der Waals surface area (Å²) in [5, 5.41) is 6.03. The minimum Gasteiger partial charge on any atom is -0.497 e. The second-order valence-electron chi connectivity index (χ2n) is 7.18. The van der Waals surface area contributed by atoms with Crippen molar-refractivity contribution in [3.8, 4) is 11.5 Å². The highest BCUT2D eigenvalue weighted by molar-refractivity contribution is 5.94. The monoisotopic (exact) mass is 383 g/mol. The fourth-order valence-electron chi connectivity index (χ4n) is 3.35. The molecule has 150 valence electrons. The third-order valence-electron chi connectivity index (χ3n) is 5.15. The van der Waals surface area contributed by atoms with Crippen molar-refractivity contribution in [2.75, 3.05) is 49.4 Å². The standard InChI is InChI=1S/C22H29N3O3/c1-16-10-12-25(13-11-16)18-6-4-17(5-7-18)24-22(26)15-23-20-9-8-19(27-2)14-21(20)28-3/h4-9,14,16,23H,10-13,15H2,1-3H3,(H,24,26). The van der Waals surface area contributed by atoms with Crippen LogP contribution in [0.25, 0.3) is 0 Å². The molecule has 0 aliphatic carbocycles. The van der Waals surface area contributed by atoms with Gasteiger partial charge in [-0.1, -0.05) is 6.92 Å². The number of carbonyl (C=O) groups excluding carboxylic acids is 1. The van der Waals surface area contributed by atoms with E-state index < -0.39 is 0 Å². The van der Waals surface area contributed by atoms with Crippen molar-refractivity contribution in [2.45, 2.75) is 19.8 Å². The number of rotatable bonds is 7. The summed E-state index contributed by atoms with van der Waals surface area (Å²) in [7, 11) is 3.19. The Kier molecular flexibility index (Phi) is 6.63. The molecule has 0 spiro atoms. The highest BCUT2D eigenvalue weighted by atomic mass is 16.5. The predicted octanol–water partition coefficient (Wildman–Crippen LogP) is 3.99. The Balaban J connectivity index is 1.52. The molecular formula is C22H29N3O3. The van der Waals surface area contributed by atoms with E-state index >= 15 is 0 Å². The molecule has 2 aromatic carbocycles. The summed E-state index contributed by atoms with van der Waals surface area (Å²) >= 11 is 0. The summed E-state index contributed by atoms with van der Waals surface area (Å²) in [5.41, 5.74) is 2.75. The first-order chi connectivity index (χ1) is 13.6. The van der Waals surface area contributed by atoms with Crippen molar-refractivity contribution in [2.24, 2.45) is 5.92 Å². The minimum absolute atomic E-state index is 0.114.